The van der Waals surface area contributed by atoms with E-state index in [4.69, 9.17) is 0 Å². The van der Waals surface area contributed by atoms with Gasteiger partial charge in [-0.2, -0.15) is 0 Å². The maximum Gasteiger partial charge on any atom is 0.305 e. The van der Waals surface area contributed by atoms with E-state index >= 15 is 0 Å². The van der Waals surface area contributed by atoms with Crippen LogP contribution in [0.25, 0.3) is 0 Å². The third-order valence-corrected chi connectivity index (χ3v) is 3.32. The Balaban J connectivity index is 2.40. The van der Waals surface area contributed by atoms with Gasteiger partial charge in [0.2, 0.25) is 0 Å². The Morgan fingerprint density at radius 3 is 2.74 bits per heavy atom. The maximum absolute atomic E-state index is 11.0. The SMILES string of the molecule is COC(=O)CCCNCc1cc(C(C)C)ccc1C. The van der Waals surface area contributed by atoms with Crippen molar-refractivity contribution in [3.05, 3.63) is 34.9 Å². The van der Waals surface area contributed by atoms with Gasteiger partial charge in [0.05, 0.1) is 7.11 Å². The number of benzene rings is 1. The molecule has 0 radical (unpaired) electrons. The van der Waals surface area contributed by atoms with Crippen LogP contribution < -0.4 is 5.32 Å². The van der Waals surface area contributed by atoms with Crippen LogP contribution in [-0.4, -0.2) is 19.6 Å². The Morgan fingerprint density at radius 2 is 2.11 bits per heavy atom. The fourth-order valence-electron chi connectivity index (χ4n) is 1.92. The number of aryl methyl sites for hydroxylation is 1. The summed E-state index contributed by atoms with van der Waals surface area (Å²) in [6.45, 7) is 8.24. The number of hydrogen-bond acceptors (Lipinski definition) is 3. The molecule has 0 aliphatic rings. The Labute approximate surface area is 116 Å². The van der Waals surface area contributed by atoms with E-state index in [9.17, 15) is 4.79 Å². The Morgan fingerprint density at radius 1 is 1.37 bits per heavy atom. The predicted octanol–water partition coefficient (Wildman–Crippen LogP) is 3.16. The van der Waals surface area contributed by atoms with Gasteiger partial charge in [0, 0.05) is 13.0 Å². The van der Waals surface area contributed by atoms with Crippen molar-refractivity contribution >= 4 is 5.97 Å². The van der Waals surface area contributed by atoms with Gasteiger partial charge in [-0.1, -0.05) is 32.0 Å². The quantitative estimate of drug-likeness (QED) is 0.606. The van der Waals surface area contributed by atoms with Crippen molar-refractivity contribution in [2.24, 2.45) is 0 Å². The molecule has 0 aromatic heterocycles. The van der Waals surface area contributed by atoms with Crippen molar-refractivity contribution in [2.45, 2.75) is 46.1 Å². The molecule has 0 atom stereocenters. The molecule has 1 rings (SSSR count). The smallest absolute Gasteiger partial charge is 0.305 e. The van der Waals surface area contributed by atoms with Crippen molar-refractivity contribution in [3.63, 3.8) is 0 Å². The number of esters is 1. The minimum Gasteiger partial charge on any atom is -0.469 e. The van der Waals surface area contributed by atoms with Crippen molar-refractivity contribution in [3.8, 4) is 0 Å². The summed E-state index contributed by atoms with van der Waals surface area (Å²) < 4.78 is 4.61. The average molecular weight is 263 g/mol. The normalized spacial score (nSPS) is 10.8. The number of rotatable bonds is 7. The number of carbonyl (C=O) groups is 1. The molecule has 0 spiro atoms. The van der Waals surface area contributed by atoms with E-state index in [1.54, 1.807) is 0 Å². The van der Waals surface area contributed by atoms with Crippen molar-refractivity contribution in [2.75, 3.05) is 13.7 Å². The lowest BCUT2D eigenvalue weighted by Crippen LogP contribution is -2.17. The molecule has 1 aromatic carbocycles. The first-order valence-corrected chi connectivity index (χ1v) is 6.91. The number of ether oxygens (including phenoxy) is 1. The predicted molar refractivity (Wildman–Crippen MR) is 78.2 cm³/mol. The van der Waals surface area contributed by atoms with Gasteiger partial charge in [-0.15, -0.1) is 0 Å². The molecule has 0 saturated carbocycles. The average Bonchev–Trinajstić information content (AvgIpc) is 2.39. The molecule has 0 heterocycles. The number of hydrogen-bond donors (Lipinski definition) is 1. The monoisotopic (exact) mass is 263 g/mol. The molecule has 0 bridgehead atoms. The van der Waals surface area contributed by atoms with Crippen LogP contribution in [0, 0.1) is 6.92 Å². The molecule has 3 heteroatoms. The molecule has 0 saturated heterocycles. The molecule has 3 nitrogen and oxygen atoms in total. The summed E-state index contributed by atoms with van der Waals surface area (Å²) in [6, 6.07) is 6.65. The van der Waals surface area contributed by atoms with Crippen LogP contribution >= 0.6 is 0 Å². The van der Waals surface area contributed by atoms with Crippen LogP contribution in [0.2, 0.25) is 0 Å². The largest absolute Gasteiger partial charge is 0.469 e. The molecule has 0 aliphatic carbocycles. The highest BCUT2D eigenvalue weighted by atomic mass is 16.5. The number of methoxy groups -OCH3 is 1. The molecule has 0 unspecified atom stereocenters. The molecule has 1 aromatic rings. The first-order chi connectivity index (χ1) is 9.04. The van der Waals surface area contributed by atoms with Crippen molar-refractivity contribution in [1.29, 1.82) is 0 Å². The van der Waals surface area contributed by atoms with E-state index in [0.717, 1.165) is 19.5 Å². The summed E-state index contributed by atoms with van der Waals surface area (Å²) >= 11 is 0. The topological polar surface area (TPSA) is 38.3 Å². The van der Waals surface area contributed by atoms with Gasteiger partial charge in [-0.25, -0.2) is 0 Å². The van der Waals surface area contributed by atoms with Gasteiger partial charge in [-0.05, 0) is 42.5 Å². The van der Waals surface area contributed by atoms with Gasteiger partial charge in [0.15, 0.2) is 0 Å². The van der Waals surface area contributed by atoms with E-state index in [-0.39, 0.29) is 5.97 Å². The van der Waals surface area contributed by atoms with Crippen LogP contribution in [0.3, 0.4) is 0 Å². The second-order valence-corrected chi connectivity index (χ2v) is 5.20. The van der Waals surface area contributed by atoms with Crippen LogP contribution in [0.1, 0.15) is 49.3 Å². The standard InChI is InChI=1S/C16H25NO2/c1-12(2)14-8-7-13(3)15(10-14)11-17-9-5-6-16(18)19-4/h7-8,10,12,17H,5-6,9,11H2,1-4H3. The van der Waals surface area contributed by atoms with Gasteiger partial charge in [0.1, 0.15) is 0 Å². The Hall–Kier alpha value is -1.35. The van der Waals surface area contributed by atoms with Gasteiger partial charge in [0.25, 0.3) is 0 Å². The summed E-state index contributed by atoms with van der Waals surface area (Å²) in [6.07, 6.45) is 1.30. The highest BCUT2D eigenvalue weighted by Gasteiger charge is 2.04. The van der Waals surface area contributed by atoms with Gasteiger partial charge in [-0.3, -0.25) is 4.79 Å². The summed E-state index contributed by atoms with van der Waals surface area (Å²) in [5, 5.41) is 3.38. The Kier molecular flexibility index (Phi) is 6.57. The fraction of sp³-hybridized carbons (Fsp3) is 0.562. The van der Waals surface area contributed by atoms with Gasteiger partial charge >= 0.3 is 5.97 Å². The third-order valence-electron chi connectivity index (χ3n) is 3.32. The first kappa shape index (κ1) is 15.7. The molecule has 1 N–H and O–H groups in total. The fourth-order valence-corrected chi connectivity index (χ4v) is 1.92. The molecular weight excluding hydrogens is 238 g/mol. The van der Waals surface area contributed by atoms with Gasteiger partial charge < -0.3 is 10.1 Å². The lowest BCUT2D eigenvalue weighted by atomic mass is 9.98. The summed E-state index contributed by atoms with van der Waals surface area (Å²) in [5.41, 5.74) is 4.02. The Bertz CT molecular complexity index is 413. The highest BCUT2D eigenvalue weighted by Crippen LogP contribution is 2.18. The van der Waals surface area contributed by atoms with Crippen LogP contribution in [0.15, 0.2) is 18.2 Å². The second-order valence-electron chi connectivity index (χ2n) is 5.20. The lowest BCUT2D eigenvalue weighted by Gasteiger charge is -2.12. The molecular formula is C16H25NO2. The summed E-state index contributed by atoms with van der Waals surface area (Å²) in [4.78, 5) is 11.0. The lowest BCUT2D eigenvalue weighted by molar-refractivity contribution is -0.140. The van der Waals surface area contributed by atoms with Crippen LogP contribution in [0.5, 0.6) is 0 Å². The molecule has 0 amide bonds. The molecule has 106 valence electrons. The van der Waals surface area contributed by atoms with E-state index in [0.29, 0.717) is 12.3 Å². The second kappa shape index (κ2) is 7.95. The first-order valence-electron chi connectivity index (χ1n) is 6.91. The molecule has 0 aliphatic heterocycles. The summed E-state index contributed by atoms with van der Waals surface area (Å²) in [7, 11) is 1.43. The third kappa shape index (κ3) is 5.43. The zero-order valence-electron chi connectivity index (χ0n) is 12.5. The highest BCUT2D eigenvalue weighted by molar-refractivity contribution is 5.69. The van der Waals surface area contributed by atoms with Crippen molar-refractivity contribution < 1.29 is 9.53 Å². The number of nitrogens with one attached hydrogen (secondary N) is 1. The van der Waals surface area contributed by atoms with Crippen LogP contribution in [-0.2, 0) is 16.1 Å². The van der Waals surface area contributed by atoms with E-state index in [1.165, 1.54) is 23.8 Å². The molecule has 0 fully saturated rings. The van der Waals surface area contributed by atoms with E-state index in [2.05, 4.69) is 49.0 Å². The van der Waals surface area contributed by atoms with E-state index < -0.39 is 0 Å². The molecule has 19 heavy (non-hydrogen) atoms. The minimum absolute atomic E-state index is 0.139. The number of carbonyl (C=O) groups excluding carboxylic acids is 1. The van der Waals surface area contributed by atoms with E-state index in [1.807, 2.05) is 0 Å². The minimum atomic E-state index is -0.139. The van der Waals surface area contributed by atoms with Crippen LogP contribution in [0.4, 0.5) is 0 Å². The zero-order valence-corrected chi connectivity index (χ0v) is 12.5. The van der Waals surface area contributed by atoms with Crippen molar-refractivity contribution in [1.82, 2.24) is 5.32 Å². The zero-order chi connectivity index (χ0) is 14.3. The maximum atomic E-state index is 11.0. The summed E-state index contributed by atoms with van der Waals surface area (Å²) in [5.74, 6) is 0.415.